The summed E-state index contributed by atoms with van der Waals surface area (Å²) in [6.07, 6.45) is 0. The second-order valence-corrected chi connectivity index (χ2v) is 5.88. The number of rotatable bonds is 3. The number of piperazine rings is 1. The van der Waals surface area contributed by atoms with Crippen LogP contribution in [0.15, 0.2) is 24.3 Å². The third-order valence-electron chi connectivity index (χ3n) is 3.75. The van der Waals surface area contributed by atoms with Gasteiger partial charge in [-0.15, -0.1) is 0 Å². The standard InChI is InChI=1S/C15H22N2O2/c1-15(2,11-18)12-5-4-6-13(9-12)17-8-7-16(3)10-14(17)19/h4-6,9,18H,7-8,10-11H2,1-3H3. The molecule has 0 spiro atoms. The molecule has 0 unspecified atom stereocenters. The van der Waals surface area contributed by atoms with Crippen LogP contribution in [-0.4, -0.2) is 49.2 Å². The number of benzene rings is 1. The molecule has 4 nitrogen and oxygen atoms in total. The lowest BCUT2D eigenvalue weighted by molar-refractivity contribution is -0.120. The largest absolute Gasteiger partial charge is 0.395 e. The molecule has 4 heteroatoms. The summed E-state index contributed by atoms with van der Waals surface area (Å²) in [6, 6.07) is 7.92. The Morgan fingerprint density at radius 1 is 1.32 bits per heavy atom. The van der Waals surface area contributed by atoms with Crippen molar-refractivity contribution in [1.29, 1.82) is 0 Å². The number of aliphatic hydroxyl groups excluding tert-OH is 1. The van der Waals surface area contributed by atoms with Gasteiger partial charge in [0.2, 0.25) is 5.91 Å². The maximum absolute atomic E-state index is 12.1. The quantitative estimate of drug-likeness (QED) is 0.891. The van der Waals surface area contributed by atoms with E-state index in [0.29, 0.717) is 6.54 Å². The van der Waals surface area contributed by atoms with E-state index in [2.05, 4.69) is 0 Å². The van der Waals surface area contributed by atoms with Gasteiger partial charge < -0.3 is 10.0 Å². The van der Waals surface area contributed by atoms with Gasteiger partial charge in [-0.3, -0.25) is 9.69 Å². The maximum Gasteiger partial charge on any atom is 0.241 e. The molecule has 1 aliphatic heterocycles. The number of nitrogens with zero attached hydrogens (tertiary/aromatic N) is 2. The van der Waals surface area contributed by atoms with Gasteiger partial charge in [-0.1, -0.05) is 26.0 Å². The fraction of sp³-hybridized carbons (Fsp3) is 0.533. The molecule has 0 aliphatic carbocycles. The Kier molecular flexibility index (Phi) is 3.92. The molecule has 0 atom stereocenters. The average molecular weight is 262 g/mol. The normalized spacial score (nSPS) is 17.9. The zero-order chi connectivity index (χ0) is 14.0. The molecule has 1 saturated heterocycles. The van der Waals surface area contributed by atoms with Crippen molar-refractivity contribution in [2.24, 2.45) is 0 Å². The van der Waals surface area contributed by atoms with Crippen LogP contribution >= 0.6 is 0 Å². The second-order valence-electron chi connectivity index (χ2n) is 5.88. The summed E-state index contributed by atoms with van der Waals surface area (Å²) in [5.41, 5.74) is 1.70. The smallest absolute Gasteiger partial charge is 0.241 e. The molecule has 2 rings (SSSR count). The third kappa shape index (κ3) is 2.96. The zero-order valence-electron chi connectivity index (χ0n) is 11.9. The average Bonchev–Trinajstić information content (AvgIpc) is 2.39. The van der Waals surface area contributed by atoms with E-state index in [-0.39, 0.29) is 17.9 Å². The summed E-state index contributed by atoms with van der Waals surface area (Å²) in [5.74, 6) is 0.132. The van der Waals surface area contributed by atoms with Crippen molar-refractivity contribution in [3.8, 4) is 0 Å². The monoisotopic (exact) mass is 262 g/mol. The molecule has 0 radical (unpaired) electrons. The van der Waals surface area contributed by atoms with E-state index in [0.717, 1.165) is 24.3 Å². The molecule has 104 valence electrons. The van der Waals surface area contributed by atoms with Crippen molar-refractivity contribution in [1.82, 2.24) is 4.90 Å². The van der Waals surface area contributed by atoms with Crippen LogP contribution in [0.5, 0.6) is 0 Å². The van der Waals surface area contributed by atoms with Gasteiger partial charge in [-0.05, 0) is 24.7 Å². The Bertz CT molecular complexity index is 471. The summed E-state index contributed by atoms with van der Waals surface area (Å²) >= 11 is 0. The van der Waals surface area contributed by atoms with E-state index >= 15 is 0 Å². The van der Waals surface area contributed by atoms with Gasteiger partial charge in [0, 0.05) is 24.2 Å². The Labute approximate surface area is 114 Å². The van der Waals surface area contributed by atoms with Gasteiger partial charge in [-0.25, -0.2) is 0 Å². The summed E-state index contributed by atoms with van der Waals surface area (Å²) in [6.45, 7) is 6.16. The zero-order valence-corrected chi connectivity index (χ0v) is 11.9. The van der Waals surface area contributed by atoms with Gasteiger partial charge in [0.1, 0.15) is 0 Å². The Morgan fingerprint density at radius 2 is 2.05 bits per heavy atom. The molecule has 1 aliphatic rings. The summed E-state index contributed by atoms with van der Waals surface area (Å²) < 4.78 is 0. The van der Waals surface area contributed by atoms with Crippen molar-refractivity contribution in [3.63, 3.8) is 0 Å². The number of amides is 1. The summed E-state index contributed by atoms with van der Waals surface area (Å²) in [4.78, 5) is 15.9. The predicted octanol–water partition coefficient (Wildman–Crippen LogP) is 1.23. The minimum Gasteiger partial charge on any atom is -0.395 e. The number of likely N-dealkylation sites (N-methyl/N-ethyl adjacent to an activating group) is 1. The Balaban J connectivity index is 2.26. The van der Waals surface area contributed by atoms with E-state index in [4.69, 9.17) is 0 Å². The van der Waals surface area contributed by atoms with Crippen LogP contribution in [0.25, 0.3) is 0 Å². The number of hydrogen-bond acceptors (Lipinski definition) is 3. The molecule has 19 heavy (non-hydrogen) atoms. The molecule has 1 amide bonds. The van der Waals surface area contributed by atoms with E-state index < -0.39 is 0 Å². The fourth-order valence-corrected chi connectivity index (χ4v) is 2.25. The van der Waals surface area contributed by atoms with Crippen molar-refractivity contribution in [2.75, 3.05) is 38.2 Å². The van der Waals surface area contributed by atoms with Crippen molar-refractivity contribution >= 4 is 11.6 Å². The van der Waals surface area contributed by atoms with Crippen LogP contribution in [-0.2, 0) is 10.2 Å². The minimum atomic E-state index is -0.286. The topological polar surface area (TPSA) is 43.8 Å². The van der Waals surface area contributed by atoms with E-state index in [9.17, 15) is 9.90 Å². The highest BCUT2D eigenvalue weighted by Crippen LogP contribution is 2.27. The predicted molar refractivity (Wildman–Crippen MR) is 76.4 cm³/mol. The summed E-state index contributed by atoms with van der Waals surface area (Å²) in [7, 11) is 1.96. The van der Waals surface area contributed by atoms with E-state index in [1.165, 1.54) is 0 Å². The molecular formula is C15H22N2O2. The number of carbonyl (C=O) groups excluding carboxylic acids is 1. The highest BCUT2D eigenvalue weighted by atomic mass is 16.3. The van der Waals surface area contributed by atoms with Crippen LogP contribution in [0, 0.1) is 0 Å². The first-order valence-corrected chi connectivity index (χ1v) is 6.64. The Hall–Kier alpha value is -1.39. The molecular weight excluding hydrogens is 240 g/mol. The molecule has 0 saturated carbocycles. The lowest BCUT2D eigenvalue weighted by Gasteiger charge is -2.33. The molecule has 0 bridgehead atoms. The second kappa shape index (κ2) is 5.31. The SMILES string of the molecule is CN1CCN(c2cccc(C(C)(C)CO)c2)C(=O)C1. The van der Waals surface area contributed by atoms with Crippen molar-refractivity contribution in [3.05, 3.63) is 29.8 Å². The molecule has 0 aromatic heterocycles. The molecule has 1 N–H and O–H groups in total. The molecule has 1 aromatic rings. The first kappa shape index (κ1) is 14.0. The van der Waals surface area contributed by atoms with E-state index in [1.54, 1.807) is 0 Å². The fourth-order valence-electron chi connectivity index (χ4n) is 2.25. The molecule has 1 heterocycles. The Morgan fingerprint density at radius 3 is 2.68 bits per heavy atom. The molecule has 1 aromatic carbocycles. The number of carbonyl (C=O) groups is 1. The van der Waals surface area contributed by atoms with Crippen molar-refractivity contribution < 1.29 is 9.90 Å². The third-order valence-corrected chi connectivity index (χ3v) is 3.75. The van der Waals surface area contributed by atoms with Crippen LogP contribution in [0.4, 0.5) is 5.69 Å². The number of anilines is 1. The van der Waals surface area contributed by atoms with Gasteiger partial charge in [0.25, 0.3) is 0 Å². The van der Waals surface area contributed by atoms with Gasteiger partial charge in [-0.2, -0.15) is 0 Å². The first-order valence-electron chi connectivity index (χ1n) is 6.64. The number of hydrogen-bond donors (Lipinski definition) is 1. The van der Waals surface area contributed by atoms with Crippen LogP contribution in [0.2, 0.25) is 0 Å². The van der Waals surface area contributed by atoms with Gasteiger partial charge in [0.05, 0.1) is 13.2 Å². The molecule has 1 fully saturated rings. The minimum absolute atomic E-state index is 0.0904. The van der Waals surface area contributed by atoms with Crippen LogP contribution in [0.3, 0.4) is 0 Å². The van der Waals surface area contributed by atoms with Crippen LogP contribution in [0.1, 0.15) is 19.4 Å². The highest BCUT2D eigenvalue weighted by molar-refractivity contribution is 5.95. The lowest BCUT2D eigenvalue weighted by Crippen LogP contribution is -2.49. The number of aliphatic hydroxyl groups is 1. The highest BCUT2D eigenvalue weighted by Gasteiger charge is 2.25. The lowest BCUT2D eigenvalue weighted by atomic mass is 9.85. The summed E-state index contributed by atoms with van der Waals surface area (Å²) in [5, 5.41) is 9.45. The first-order chi connectivity index (χ1) is 8.94. The van der Waals surface area contributed by atoms with Gasteiger partial charge in [0.15, 0.2) is 0 Å². The van der Waals surface area contributed by atoms with Crippen molar-refractivity contribution in [2.45, 2.75) is 19.3 Å². The maximum atomic E-state index is 12.1. The van der Waals surface area contributed by atoms with Gasteiger partial charge >= 0.3 is 0 Å². The van der Waals surface area contributed by atoms with Crippen LogP contribution < -0.4 is 4.90 Å². The van der Waals surface area contributed by atoms with E-state index in [1.807, 2.05) is 55.0 Å².